The summed E-state index contributed by atoms with van der Waals surface area (Å²) in [6.07, 6.45) is 0.856. The van der Waals surface area contributed by atoms with E-state index in [1.54, 1.807) is 11.3 Å². The van der Waals surface area contributed by atoms with Crippen LogP contribution >= 0.6 is 34.5 Å². The number of halogens is 2. The fourth-order valence-corrected chi connectivity index (χ4v) is 4.84. The Morgan fingerprint density at radius 3 is 2.56 bits per heavy atom. The molecule has 4 rings (SSSR count). The van der Waals surface area contributed by atoms with Crippen molar-refractivity contribution >= 4 is 50.6 Å². The Morgan fingerprint density at radius 1 is 1.07 bits per heavy atom. The maximum Gasteiger partial charge on any atom is 0.141 e. The SMILES string of the molecule is CCc1nc(N2CCN(Cc3ccc(Cl)cc3Cl)CC2)c2cc(C)sc2n1. The van der Waals surface area contributed by atoms with Gasteiger partial charge in [0.15, 0.2) is 0 Å². The number of rotatable bonds is 4. The van der Waals surface area contributed by atoms with Gasteiger partial charge < -0.3 is 4.90 Å². The first kappa shape index (κ1) is 18.9. The van der Waals surface area contributed by atoms with Crippen LogP contribution in [0, 0.1) is 6.92 Å². The number of nitrogens with zero attached hydrogens (tertiary/aromatic N) is 4. The molecule has 142 valence electrons. The van der Waals surface area contributed by atoms with Crippen LogP contribution in [0.1, 0.15) is 23.2 Å². The van der Waals surface area contributed by atoms with Crippen LogP contribution in [-0.4, -0.2) is 41.0 Å². The van der Waals surface area contributed by atoms with Crippen LogP contribution in [-0.2, 0) is 13.0 Å². The first-order chi connectivity index (χ1) is 13.0. The average Bonchev–Trinajstić information content (AvgIpc) is 3.04. The van der Waals surface area contributed by atoms with Crippen molar-refractivity contribution in [3.63, 3.8) is 0 Å². The van der Waals surface area contributed by atoms with Crippen molar-refractivity contribution in [1.29, 1.82) is 0 Å². The Bertz CT molecular complexity index is 964. The minimum absolute atomic E-state index is 0.680. The van der Waals surface area contributed by atoms with Gasteiger partial charge in [-0.1, -0.05) is 36.2 Å². The van der Waals surface area contributed by atoms with Crippen LogP contribution in [0.3, 0.4) is 0 Å². The van der Waals surface area contributed by atoms with Gasteiger partial charge in [-0.2, -0.15) is 0 Å². The van der Waals surface area contributed by atoms with Gasteiger partial charge in [0, 0.05) is 54.1 Å². The maximum atomic E-state index is 6.34. The zero-order chi connectivity index (χ0) is 19.0. The summed E-state index contributed by atoms with van der Waals surface area (Å²) in [4.78, 5) is 16.8. The molecule has 1 aromatic carbocycles. The number of aromatic nitrogens is 2. The van der Waals surface area contributed by atoms with Crippen LogP contribution in [0.2, 0.25) is 10.0 Å². The molecular weight excluding hydrogens is 399 g/mol. The van der Waals surface area contributed by atoms with Gasteiger partial charge in [0.2, 0.25) is 0 Å². The third-order valence-electron chi connectivity index (χ3n) is 4.94. The maximum absolute atomic E-state index is 6.34. The molecule has 0 saturated carbocycles. The molecule has 1 aliphatic rings. The summed E-state index contributed by atoms with van der Waals surface area (Å²) in [6.45, 7) is 8.96. The molecule has 0 spiro atoms. The van der Waals surface area contributed by atoms with Crippen molar-refractivity contribution in [2.45, 2.75) is 26.8 Å². The molecule has 1 saturated heterocycles. The lowest BCUT2D eigenvalue weighted by Crippen LogP contribution is -2.46. The Labute approximate surface area is 173 Å². The van der Waals surface area contributed by atoms with Crippen molar-refractivity contribution in [3.05, 3.63) is 50.6 Å². The van der Waals surface area contributed by atoms with E-state index in [0.29, 0.717) is 5.02 Å². The van der Waals surface area contributed by atoms with Crippen LogP contribution < -0.4 is 4.90 Å². The average molecular weight is 421 g/mol. The summed E-state index contributed by atoms with van der Waals surface area (Å²) >= 11 is 14.1. The van der Waals surface area contributed by atoms with E-state index in [4.69, 9.17) is 33.2 Å². The Hall–Kier alpha value is -1.40. The van der Waals surface area contributed by atoms with Crippen LogP contribution in [0.5, 0.6) is 0 Å². The molecule has 1 aliphatic heterocycles. The number of piperazine rings is 1. The molecule has 4 nitrogen and oxygen atoms in total. The largest absolute Gasteiger partial charge is 0.353 e. The van der Waals surface area contributed by atoms with E-state index in [0.717, 1.165) is 66.2 Å². The second-order valence-electron chi connectivity index (χ2n) is 6.89. The number of anilines is 1. The lowest BCUT2D eigenvalue weighted by atomic mass is 10.2. The second kappa shape index (κ2) is 7.92. The number of hydrogen-bond acceptors (Lipinski definition) is 5. The molecule has 0 N–H and O–H groups in total. The molecule has 0 unspecified atom stereocenters. The lowest BCUT2D eigenvalue weighted by Gasteiger charge is -2.36. The second-order valence-corrected chi connectivity index (χ2v) is 8.97. The molecule has 3 heterocycles. The smallest absolute Gasteiger partial charge is 0.141 e. The van der Waals surface area contributed by atoms with Crippen molar-refractivity contribution in [1.82, 2.24) is 14.9 Å². The molecular formula is C20H22Cl2N4S. The zero-order valence-electron chi connectivity index (χ0n) is 15.5. The third-order valence-corrected chi connectivity index (χ3v) is 6.47. The first-order valence-electron chi connectivity index (χ1n) is 9.21. The lowest BCUT2D eigenvalue weighted by molar-refractivity contribution is 0.249. The number of benzene rings is 1. The molecule has 0 bridgehead atoms. The highest BCUT2D eigenvalue weighted by Crippen LogP contribution is 2.31. The quantitative estimate of drug-likeness (QED) is 0.580. The van der Waals surface area contributed by atoms with E-state index in [2.05, 4.69) is 29.7 Å². The van der Waals surface area contributed by atoms with E-state index in [1.807, 2.05) is 18.2 Å². The zero-order valence-corrected chi connectivity index (χ0v) is 17.8. The Kier molecular flexibility index (Phi) is 5.55. The van der Waals surface area contributed by atoms with Gasteiger partial charge in [0.25, 0.3) is 0 Å². The normalized spacial score (nSPS) is 15.6. The number of aryl methyl sites for hydroxylation is 2. The molecule has 1 fully saturated rings. The highest BCUT2D eigenvalue weighted by Gasteiger charge is 2.22. The van der Waals surface area contributed by atoms with Gasteiger partial charge in [-0.3, -0.25) is 4.90 Å². The van der Waals surface area contributed by atoms with Crippen molar-refractivity contribution in [2.24, 2.45) is 0 Å². The van der Waals surface area contributed by atoms with E-state index in [9.17, 15) is 0 Å². The number of thiophene rings is 1. The van der Waals surface area contributed by atoms with E-state index in [-0.39, 0.29) is 0 Å². The van der Waals surface area contributed by atoms with E-state index >= 15 is 0 Å². The molecule has 27 heavy (non-hydrogen) atoms. The minimum Gasteiger partial charge on any atom is -0.353 e. The summed E-state index contributed by atoms with van der Waals surface area (Å²) in [5.74, 6) is 2.01. The Morgan fingerprint density at radius 2 is 1.85 bits per heavy atom. The molecule has 0 atom stereocenters. The Balaban J connectivity index is 1.50. The molecule has 3 aromatic rings. The monoisotopic (exact) mass is 420 g/mol. The topological polar surface area (TPSA) is 32.3 Å². The predicted molar refractivity (Wildman–Crippen MR) is 115 cm³/mol. The molecule has 2 aromatic heterocycles. The third kappa shape index (κ3) is 4.06. The summed E-state index contributed by atoms with van der Waals surface area (Å²) in [7, 11) is 0. The van der Waals surface area contributed by atoms with Gasteiger partial charge in [-0.15, -0.1) is 11.3 Å². The van der Waals surface area contributed by atoms with Gasteiger partial charge in [-0.05, 0) is 30.7 Å². The summed E-state index contributed by atoms with van der Waals surface area (Å²) in [6, 6.07) is 7.96. The number of hydrogen-bond donors (Lipinski definition) is 0. The number of fused-ring (bicyclic) bond motifs is 1. The van der Waals surface area contributed by atoms with Gasteiger partial charge >= 0.3 is 0 Å². The minimum atomic E-state index is 0.680. The van der Waals surface area contributed by atoms with Gasteiger partial charge in [0.1, 0.15) is 16.5 Å². The van der Waals surface area contributed by atoms with E-state index < -0.39 is 0 Å². The summed E-state index contributed by atoms with van der Waals surface area (Å²) in [5, 5.41) is 2.60. The van der Waals surface area contributed by atoms with Crippen molar-refractivity contribution in [3.8, 4) is 0 Å². The van der Waals surface area contributed by atoms with Crippen molar-refractivity contribution < 1.29 is 0 Å². The summed E-state index contributed by atoms with van der Waals surface area (Å²) < 4.78 is 0. The van der Waals surface area contributed by atoms with Gasteiger partial charge in [-0.25, -0.2) is 9.97 Å². The van der Waals surface area contributed by atoms with Gasteiger partial charge in [0.05, 0.1) is 5.39 Å². The predicted octanol–water partition coefficient (Wildman–Crippen LogP) is 5.19. The molecule has 0 radical (unpaired) electrons. The first-order valence-corrected chi connectivity index (χ1v) is 10.8. The van der Waals surface area contributed by atoms with Crippen LogP contribution in [0.4, 0.5) is 5.82 Å². The fourth-order valence-electron chi connectivity index (χ4n) is 3.48. The van der Waals surface area contributed by atoms with E-state index in [1.165, 1.54) is 10.3 Å². The molecule has 0 aliphatic carbocycles. The standard InChI is InChI=1S/C20H22Cl2N4S/c1-3-18-23-19(16-10-13(2)27-20(16)24-18)26-8-6-25(7-9-26)12-14-4-5-15(21)11-17(14)22/h4-5,10-11H,3,6-9,12H2,1-2H3. The van der Waals surface area contributed by atoms with Crippen LogP contribution in [0.15, 0.2) is 24.3 Å². The summed E-state index contributed by atoms with van der Waals surface area (Å²) in [5.41, 5.74) is 1.13. The van der Waals surface area contributed by atoms with Crippen molar-refractivity contribution in [2.75, 3.05) is 31.1 Å². The molecule has 7 heteroatoms. The highest BCUT2D eigenvalue weighted by molar-refractivity contribution is 7.18. The highest BCUT2D eigenvalue weighted by atomic mass is 35.5. The molecule has 0 amide bonds. The van der Waals surface area contributed by atoms with Crippen LogP contribution in [0.25, 0.3) is 10.2 Å². The fraction of sp³-hybridized carbons (Fsp3) is 0.400.